The van der Waals surface area contributed by atoms with Gasteiger partial charge in [0.15, 0.2) is 0 Å². The third-order valence-corrected chi connectivity index (χ3v) is 3.80. The molecule has 1 aliphatic heterocycles. The van der Waals surface area contributed by atoms with Crippen LogP contribution in [0.2, 0.25) is 0 Å². The molecule has 1 amide bonds. The van der Waals surface area contributed by atoms with E-state index < -0.39 is 5.97 Å². The summed E-state index contributed by atoms with van der Waals surface area (Å²) in [5.74, 6) is -0.695. The first-order valence-corrected chi connectivity index (χ1v) is 7.41. The molecule has 0 radical (unpaired) electrons. The van der Waals surface area contributed by atoms with Crippen molar-refractivity contribution in [2.24, 2.45) is 5.92 Å². The molecule has 1 saturated heterocycles. The van der Waals surface area contributed by atoms with E-state index in [2.05, 4.69) is 13.8 Å². The van der Waals surface area contributed by atoms with E-state index >= 15 is 0 Å². The van der Waals surface area contributed by atoms with E-state index in [1.165, 1.54) is 17.0 Å². The molecular weight excluding hydrogens is 268 g/mol. The van der Waals surface area contributed by atoms with Crippen LogP contribution in [0.5, 0.6) is 0 Å². The lowest BCUT2D eigenvalue weighted by atomic mass is 10.1. The first-order chi connectivity index (χ1) is 9.97. The number of hydrogen-bond donors (Lipinski definition) is 1. The minimum atomic E-state index is -1.25. The first kappa shape index (κ1) is 15.5. The molecule has 5 nitrogen and oxygen atoms in total. The van der Waals surface area contributed by atoms with Gasteiger partial charge in [0.2, 0.25) is 0 Å². The fourth-order valence-corrected chi connectivity index (χ4v) is 2.77. The van der Waals surface area contributed by atoms with Gasteiger partial charge in [0, 0.05) is 11.5 Å². The highest BCUT2D eigenvalue weighted by molar-refractivity contribution is 5.97. The molecular formula is C16H22N2O3. The number of nitrogens with zero attached hydrogens (tertiary/aromatic N) is 1. The number of benzene rings is 1. The van der Waals surface area contributed by atoms with Crippen LogP contribution in [0.1, 0.15) is 34.6 Å². The number of quaternary nitrogens is 1. The molecule has 1 fully saturated rings. The molecule has 0 aromatic heterocycles. The van der Waals surface area contributed by atoms with Gasteiger partial charge in [0.25, 0.3) is 5.91 Å². The van der Waals surface area contributed by atoms with Crippen molar-refractivity contribution in [2.75, 3.05) is 32.7 Å². The number of carbonyl (C=O) groups is 2. The summed E-state index contributed by atoms with van der Waals surface area (Å²) in [6.07, 6.45) is 0. The second kappa shape index (κ2) is 6.72. The monoisotopic (exact) mass is 290 g/mol. The maximum Gasteiger partial charge on any atom is 0.254 e. The standard InChI is InChI=1S/C16H22N2O3/c1-12(2)11-17-6-8-18(9-7-17)15(19)13-4-3-5-14(10-13)16(20)21/h3-5,10,12H,6-9,11H2,1-2H3,(H,20,21). The lowest BCUT2D eigenvalue weighted by Crippen LogP contribution is -3.15. The first-order valence-electron chi connectivity index (χ1n) is 7.41. The van der Waals surface area contributed by atoms with Gasteiger partial charge in [-0.3, -0.25) is 4.79 Å². The third kappa shape index (κ3) is 4.04. The van der Waals surface area contributed by atoms with Gasteiger partial charge in [0.05, 0.1) is 38.7 Å². The zero-order valence-electron chi connectivity index (χ0n) is 12.6. The molecule has 0 spiro atoms. The highest BCUT2D eigenvalue weighted by Crippen LogP contribution is 2.08. The summed E-state index contributed by atoms with van der Waals surface area (Å²) in [5, 5.41) is 10.9. The Morgan fingerprint density at radius 3 is 2.43 bits per heavy atom. The molecule has 1 aromatic rings. The molecule has 0 saturated carbocycles. The smallest absolute Gasteiger partial charge is 0.254 e. The highest BCUT2D eigenvalue weighted by atomic mass is 16.4. The van der Waals surface area contributed by atoms with E-state index in [0.717, 1.165) is 32.7 Å². The zero-order valence-corrected chi connectivity index (χ0v) is 12.6. The van der Waals surface area contributed by atoms with Crippen molar-refractivity contribution >= 4 is 11.9 Å². The predicted octanol–water partition coefficient (Wildman–Crippen LogP) is -0.953. The van der Waals surface area contributed by atoms with Gasteiger partial charge in [-0.25, -0.2) is 0 Å². The highest BCUT2D eigenvalue weighted by Gasteiger charge is 2.24. The molecule has 1 heterocycles. The van der Waals surface area contributed by atoms with Gasteiger partial charge in [-0.05, 0) is 17.7 Å². The van der Waals surface area contributed by atoms with Gasteiger partial charge < -0.3 is 19.7 Å². The Hall–Kier alpha value is -1.88. The Morgan fingerprint density at radius 2 is 1.86 bits per heavy atom. The molecule has 1 aliphatic rings. The zero-order chi connectivity index (χ0) is 15.4. The molecule has 1 aromatic carbocycles. The van der Waals surface area contributed by atoms with Crippen molar-refractivity contribution in [3.63, 3.8) is 0 Å². The number of rotatable bonds is 4. The van der Waals surface area contributed by atoms with Crippen molar-refractivity contribution in [1.82, 2.24) is 4.90 Å². The largest absolute Gasteiger partial charge is 0.545 e. The summed E-state index contributed by atoms with van der Waals surface area (Å²) in [6.45, 7) is 8.87. The van der Waals surface area contributed by atoms with Crippen molar-refractivity contribution < 1.29 is 19.6 Å². The van der Waals surface area contributed by atoms with Crippen molar-refractivity contribution in [3.8, 4) is 0 Å². The van der Waals surface area contributed by atoms with E-state index in [1.807, 2.05) is 0 Å². The molecule has 0 atom stereocenters. The Morgan fingerprint density at radius 1 is 1.24 bits per heavy atom. The number of carboxylic acids is 1. The van der Waals surface area contributed by atoms with Crippen LogP contribution in [0.4, 0.5) is 0 Å². The number of piperazine rings is 1. The average molecular weight is 290 g/mol. The van der Waals surface area contributed by atoms with Crippen LogP contribution in [0.15, 0.2) is 24.3 Å². The maximum absolute atomic E-state index is 12.4. The fourth-order valence-electron chi connectivity index (χ4n) is 2.77. The molecule has 5 heteroatoms. The summed E-state index contributed by atoms with van der Waals surface area (Å²) in [6, 6.07) is 6.07. The SMILES string of the molecule is CC(C)C[NH+]1CCN(C(=O)c2cccc(C(=O)[O-])c2)CC1. The third-order valence-electron chi connectivity index (χ3n) is 3.80. The van der Waals surface area contributed by atoms with Gasteiger partial charge in [0.1, 0.15) is 0 Å². The van der Waals surface area contributed by atoms with Crippen LogP contribution in [-0.2, 0) is 0 Å². The minimum Gasteiger partial charge on any atom is -0.545 e. The summed E-state index contributed by atoms with van der Waals surface area (Å²) < 4.78 is 0. The van der Waals surface area contributed by atoms with Gasteiger partial charge in [-0.2, -0.15) is 0 Å². The van der Waals surface area contributed by atoms with E-state index in [1.54, 1.807) is 17.0 Å². The summed E-state index contributed by atoms with van der Waals surface area (Å²) in [5.41, 5.74) is 0.467. The molecule has 2 rings (SSSR count). The van der Waals surface area contributed by atoms with Crippen LogP contribution in [0.3, 0.4) is 0 Å². The molecule has 1 N–H and O–H groups in total. The normalized spacial score (nSPS) is 16.2. The van der Waals surface area contributed by atoms with E-state index in [4.69, 9.17) is 0 Å². The Bertz CT molecular complexity index is 520. The lowest BCUT2D eigenvalue weighted by molar-refractivity contribution is -0.906. The van der Waals surface area contributed by atoms with Crippen LogP contribution in [0, 0.1) is 5.92 Å². The van der Waals surface area contributed by atoms with Gasteiger partial charge >= 0.3 is 0 Å². The van der Waals surface area contributed by atoms with Crippen molar-refractivity contribution in [3.05, 3.63) is 35.4 Å². The molecule has 114 valence electrons. The van der Waals surface area contributed by atoms with Crippen LogP contribution in [-0.4, -0.2) is 49.5 Å². The second-order valence-electron chi connectivity index (χ2n) is 6.01. The van der Waals surface area contributed by atoms with Gasteiger partial charge in [-0.1, -0.05) is 26.0 Å². The molecule has 0 aliphatic carbocycles. The molecule has 0 bridgehead atoms. The Balaban J connectivity index is 1.99. The van der Waals surface area contributed by atoms with Crippen molar-refractivity contribution in [1.29, 1.82) is 0 Å². The summed E-state index contributed by atoms with van der Waals surface area (Å²) in [7, 11) is 0. The summed E-state index contributed by atoms with van der Waals surface area (Å²) >= 11 is 0. The topological polar surface area (TPSA) is 64.9 Å². The molecule has 0 unspecified atom stereocenters. The lowest BCUT2D eigenvalue weighted by Gasteiger charge is -2.33. The quantitative estimate of drug-likeness (QED) is 0.777. The van der Waals surface area contributed by atoms with E-state index in [9.17, 15) is 14.7 Å². The number of aromatic carboxylic acids is 1. The number of carboxylic acid groups (broad SMARTS) is 1. The summed E-state index contributed by atoms with van der Waals surface area (Å²) in [4.78, 5) is 26.6. The average Bonchev–Trinajstić information content (AvgIpc) is 2.47. The Kier molecular flexibility index (Phi) is 4.96. The van der Waals surface area contributed by atoms with Crippen LogP contribution >= 0.6 is 0 Å². The van der Waals surface area contributed by atoms with Crippen LogP contribution in [0.25, 0.3) is 0 Å². The molecule has 21 heavy (non-hydrogen) atoms. The number of carbonyl (C=O) groups excluding carboxylic acids is 2. The Labute approximate surface area is 125 Å². The van der Waals surface area contributed by atoms with E-state index in [-0.39, 0.29) is 11.5 Å². The van der Waals surface area contributed by atoms with E-state index in [0.29, 0.717) is 11.5 Å². The number of hydrogen-bond acceptors (Lipinski definition) is 3. The second-order valence-corrected chi connectivity index (χ2v) is 6.01. The van der Waals surface area contributed by atoms with Gasteiger partial charge in [-0.15, -0.1) is 0 Å². The van der Waals surface area contributed by atoms with Crippen LogP contribution < -0.4 is 10.0 Å². The number of amides is 1. The fraction of sp³-hybridized carbons (Fsp3) is 0.500. The minimum absolute atomic E-state index is 0.0462. The maximum atomic E-state index is 12.4. The van der Waals surface area contributed by atoms with Crippen molar-refractivity contribution in [2.45, 2.75) is 13.8 Å². The number of nitrogens with one attached hydrogen (secondary N) is 1. The predicted molar refractivity (Wildman–Crippen MR) is 77.1 cm³/mol.